The number of rotatable bonds is 5. The fraction of sp³-hybridized carbons (Fsp3) is 0.455. The molecule has 1 aromatic heterocycles. The highest BCUT2D eigenvalue weighted by Crippen LogP contribution is 2.16. The van der Waals surface area contributed by atoms with Crippen molar-refractivity contribution in [3.05, 3.63) is 18.2 Å². The van der Waals surface area contributed by atoms with Crippen LogP contribution in [-0.2, 0) is 4.79 Å². The maximum absolute atomic E-state index is 11.0. The average molecular weight is 222 g/mol. The van der Waals surface area contributed by atoms with Gasteiger partial charge in [0.2, 0.25) is 5.91 Å². The molecule has 0 atom stereocenters. The molecule has 88 valence electrons. The first kappa shape index (κ1) is 12.3. The molecular weight excluding hydrogens is 204 g/mol. The molecule has 0 fully saturated rings. The van der Waals surface area contributed by atoms with Crippen molar-refractivity contribution in [3.63, 3.8) is 0 Å². The summed E-state index contributed by atoms with van der Waals surface area (Å²) in [5.74, 6) is 1.17. The van der Waals surface area contributed by atoms with Crippen LogP contribution in [0.25, 0.3) is 0 Å². The van der Waals surface area contributed by atoms with E-state index in [4.69, 9.17) is 5.73 Å². The van der Waals surface area contributed by atoms with Crippen molar-refractivity contribution in [2.45, 2.75) is 19.9 Å². The minimum absolute atomic E-state index is 0.173. The lowest BCUT2D eigenvalue weighted by molar-refractivity contribution is -0.116. The van der Waals surface area contributed by atoms with Crippen LogP contribution in [0.5, 0.6) is 0 Å². The Hall–Kier alpha value is -1.78. The number of aromatic nitrogens is 1. The Bertz CT molecular complexity index is 365. The van der Waals surface area contributed by atoms with Crippen LogP contribution in [0.15, 0.2) is 18.2 Å². The van der Waals surface area contributed by atoms with Gasteiger partial charge in [0.25, 0.3) is 0 Å². The van der Waals surface area contributed by atoms with E-state index in [0.29, 0.717) is 0 Å². The number of anilines is 2. The fourth-order valence-corrected chi connectivity index (χ4v) is 1.42. The van der Waals surface area contributed by atoms with Gasteiger partial charge in [-0.15, -0.1) is 0 Å². The summed E-state index contributed by atoms with van der Waals surface area (Å²) >= 11 is 0. The van der Waals surface area contributed by atoms with Crippen LogP contribution in [0.4, 0.5) is 11.6 Å². The summed E-state index contributed by atoms with van der Waals surface area (Å²) in [7, 11) is 1.81. The molecule has 5 heteroatoms. The van der Waals surface area contributed by atoms with Gasteiger partial charge in [0.05, 0.1) is 6.54 Å². The second kappa shape index (κ2) is 5.34. The van der Waals surface area contributed by atoms with Gasteiger partial charge in [-0.2, -0.15) is 0 Å². The quantitative estimate of drug-likeness (QED) is 0.774. The summed E-state index contributed by atoms with van der Waals surface area (Å²) in [5.41, 5.74) is 5.22. The predicted octanol–water partition coefficient (Wildman–Crippen LogP) is 0.823. The maximum atomic E-state index is 11.0. The molecule has 0 aromatic carbocycles. The second-order valence-corrected chi connectivity index (χ2v) is 3.82. The van der Waals surface area contributed by atoms with Crippen LogP contribution in [0, 0.1) is 0 Å². The van der Waals surface area contributed by atoms with E-state index in [9.17, 15) is 4.79 Å². The first-order chi connectivity index (χ1) is 7.54. The molecule has 1 amide bonds. The lowest BCUT2D eigenvalue weighted by atomic mass is 10.3. The van der Waals surface area contributed by atoms with E-state index in [2.05, 4.69) is 10.3 Å². The van der Waals surface area contributed by atoms with Gasteiger partial charge in [0.15, 0.2) is 0 Å². The van der Waals surface area contributed by atoms with Crippen molar-refractivity contribution in [2.24, 2.45) is 5.73 Å². The van der Waals surface area contributed by atoms with Gasteiger partial charge in [0.1, 0.15) is 11.6 Å². The Morgan fingerprint density at radius 1 is 1.56 bits per heavy atom. The van der Waals surface area contributed by atoms with E-state index in [1.807, 2.05) is 36.9 Å². The molecular formula is C11H18N4O. The number of nitrogens with two attached hydrogens (primary N) is 1. The van der Waals surface area contributed by atoms with Crippen LogP contribution < -0.4 is 16.0 Å². The van der Waals surface area contributed by atoms with Gasteiger partial charge in [0, 0.05) is 13.1 Å². The van der Waals surface area contributed by atoms with Crippen LogP contribution >= 0.6 is 0 Å². The summed E-state index contributed by atoms with van der Waals surface area (Å²) < 4.78 is 0. The zero-order valence-electron chi connectivity index (χ0n) is 9.90. The number of carbonyl (C=O) groups is 1. The third-order valence-corrected chi connectivity index (χ3v) is 2.23. The van der Waals surface area contributed by atoms with E-state index >= 15 is 0 Å². The molecule has 0 aliphatic heterocycles. The number of hydrogen-bond donors (Lipinski definition) is 2. The van der Waals surface area contributed by atoms with Crippen LogP contribution in [-0.4, -0.2) is 30.5 Å². The number of nitrogens with one attached hydrogen (secondary N) is 1. The minimum Gasteiger partial charge on any atom is -0.373 e. The first-order valence-electron chi connectivity index (χ1n) is 5.24. The molecule has 0 unspecified atom stereocenters. The van der Waals surface area contributed by atoms with E-state index in [1.165, 1.54) is 0 Å². The third-order valence-electron chi connectivity index (χ3n) is 2.23. The molecule has 3 N–H and O–H groups in total. The van der Waals surface area contributed by atoms with Gasteiger partial charge in [-0.25, -0.2) is 4.98 Å². The molecule has 1 heterocycles. The van der Waals surface area contributed by atoms with Crippen LogP contribution in [0.2, 0.25) is 0 Å². The lowest BCUT2D eigenvalue weighted by Crippen LogP contribution is -2.39. The number of primary amides is 1. The molecule has 0 aliphatic carbocycles. The molecule has 0 aliphatic rings. The zero-order valence-corrected chi connectivity index (χ0v) is 9.90. The number of pyridine rings is 1. The SMILES string of the molecule is CNc1cccc(N(CC(N)=O)C(C)C)n1. The topological polar surface area (TPSA) is 71.2 Å². The van der Waals surface area contributed by atoms with E-state index in [1.54, 1.807) is 7.05 Å². The zero-order chi connectivity index (χ0) is 12.1. The van der Waals surface area contributed by atoms with E-state index in [-0.39, 0.29) is 18.5 Å². The maximum Gasteiger partial charge on any atom is 0.237 e. The molecule has 0 saturated carbocycles. The predicted molar refractivity (Wildman–Crippen MR) is 65.5 cm³/mol. The highest BCUT2D eigenvalue weighted by atomic mass is 16.1. The smallest absolute Gasteiger partial charge is 0.237 e. The Morgan fingerprint density at radius 2 is 2.25 bits per heavy atom. The second-order valence-electron chi connectivity index (χ2n) is 3.82. The molecule has 1 rings (SSSR count). The molecule has 0 spiro atoms. The summed E-state index contributed by atoms with van der Waals surface area (Å²) in [6.07, 6.45) is 0. The lowest BCUT2D eigenvalue weighted by Gasteiger charge is -2.26. The van der Waals surface area contributed by atoms with Crippen molar-refractivity contribution < 1.29 is 4.79 Å². The Kier molecular flexibility index (Phi) is 4.10. The molecule has 0 saturated heterocycles. The molecule has 5 nitrogen and oxygen atoms in total. The number of hydrogen-bond acceptors (Lipinski definition) is 4. The van der Waals surface area contributed by atoms with Crippen molar-refractivity contribution >= 4 is 17.5 Å². The standard InChI is InChI=1S/C11H18N4O/c1-8(2)15(7-9(12)16)11-6-4-5-10(13-3)14-11/h4-6,8H,7H2,1-3H3,(H2,12,16)(H,13,14). The normalized spacial score (nSPS) is 10.2. The fourth-order valence-electron chi connectivity index (χ4n) is 1.42. The van der Waals surface area contributed by atoms with Crippen molar-refractivity contribution in [3.8, 4) is 0 Å². The summed E-state index contributed by atoms with van der Waals surface area (Å²) in [6.45, 7) is 4.17. The Balaban J connectivity index is 2.95. The van der Waals surface area contributed by atoms with E-state index < -0.39 is 0 Å². The summed E-state index contributed by atoms with van der Waals surface area (Å²) in [6, 6.07) is 5.80. The van der Waals surface area contributed by atoms with Gasteiger partial charge >= 0.3 is 0 Å². The van der Waals surface area contributed by atoms with Crippen molar-refractivity contribution in [1.82, 2.24) is 4.98 Å². The molecule has 1 aromatic rings. The molecule has 0 bridgehead atoms. The van der Waals surface area contributed by atoms with Gasteiger partial charge in [-0.3, -0.25) is 4.79 Å². The van der Waals surface area contributed by atoms with Crippen molar-refractivity contribution in [1.29, 1.82) is 0 Å². The number of nitrogens with zero attached hydrogens (tertiary/aromatic N) is 2. The molecule has 0 radical (unpaired) electrons. The highest BCUT2D eigenvalue weighted by molar-refractivity contribution is 5.79. The van der Waals surface area contributed by atoms with E-state index in [0.717, 1.165) is 11.6 Å². The Morgan fingerprint density at radius 3 is 2.75 bits per heavy atom. The monoisotopic (exact) mass is 222 g/mol. The van der Waals surface area contributed by atoms with Crippen molar-refractivity contribution in [2.75, 3.05) is 23.8 Å². The first-order valence-corrected chi connectivity index (χ1v) is 5.24. The van der Waals surface area contributed by atoms with Gasteiger partial charge in [-0.05, 0) is 26.0 Å². The minimum atomic E-state index is -0.356. The summed E-state index contributed by atoms with van der Waals surface area (Å²) in [4.78, 5) is 17.2. The van der Waals surface area contributed by atoms with Crippen LogP contribution in [0.3, 0.4) is 0 Å². The molecule has 16 heavy (non-hydrogen) atoms. The average Bonchev–Trinajstić information content (AvgIpc) is 2.25. The van der Waals surface area contributed by atoms with Gasteiger partial charge in [-0.1, -0.05) is 6.07 Å². The highest BCUT2D eigenvalue weighted by Gasteiger charge is 2.14. The third kappa shape index (κ3) is 3.12. The number of carbonyl (C=O) groups excluding carboxylic acids is 1. The summed E-state index contributed by atoms with van der Waals surface area (Å²) in [5, 5.41) is 2.96. The largest absolute Gasteiger partial charge is 0.373 e. The number of amides is 1. The van der Waals surface area contributed by atoms with Crippen LogP contribution in [0.1, 0.15) is 13.8 Å². The Labute approximate surface area is 95.7 Å². The van der Waals surface area contributed by atoms with Gasteiger partial charge < -0.3 is 16.0 Å².